The second-order valence-electron chi connectivity index (χ2n) is 2.36. The van der Waals surface area contributed by atoms with Crippen LogP contribution in [0.15, 0.2) is 18.2 Å². The second kappa shape index (κ2) is 2.97. The molecule has 4 heteroatoms. The molecule has 0 saturated heterocycles. The Morgan fingerprint density at radius 3 is 2.55 bits per heavy atom. The van der Waals surface area contributed by atoms with Crippen LogP contribution < -0.4 is 5.30 Å². The molecule has 0 amide bonds. The van der Waals surface area contributed by atoms with E-state index in [1.54, 1.807) is 6.07 Å². The van der Waals surface area contributed by atoms with Crippen molar-refractivity contribution in [1.82, 2.24) is 0 Å². The number of hydrogen-bond acceptors (Lipinski definition) is 2. The molecular formula is C7H8NO2P. The van der Waals surface area contributed by atoms with Crippen molar-refractivity contribution in [2.75, 3.05) is 0 Å². The molecule has 0 N–H and O–H groups in total. The first-order chi connectivity index (χ1) is 5.09. The van der Waals surface area contributed by atoms with Gasteiger partial charge in [-0.2, -0.15) is 0 Å². The summed E-state index contributed by atoms with van der Waals surface area (Å²) in [5.41, 5.74) is 1.05. The van der Waals surface area contributed by atoms with E-state index in [0.29, 0.717) is 0 Å². The molecule has 0 bridgehead atoms. The first-order valence-electron chi connectivity index (χ1n) is 3.11. The highest BCUT2D eigenvalue weighted by Gasteiger charge is 2.04. The maximum absolute atomic E-state index is 10.3. The van der Waals surface area contributed by atoms with E-state index in [4.69, 9.17) is 0 Å². The second-order valence-corrected chi connectivity index (χ2v) is 3.03. The summed E-state index contributed by atoms with van der Waals surface area (Å²) in [6.45, 7) is 1.83. The summed E-state index contributed by atoms with van der Waals surface area (Å²) in [5.74, 6) is 0. The van der Waals surface area contributed by atoms with Gasteiger partial charge in [0.25, 0.3) is 5.69 Å². The normalized spacial score (nSPS) is 9.64. The van der Waals surface area contributed by atoms with Crippen LogP contribution in [-0.2, 0) is 0 Å². The number of non-ortho nitro benzene ring substituents is 1. The molecule has 0 aromatic heterocycles. The lowest BCUT2D eigenvalue weighted by Gasteiger charge is -1.95. The fraction of sp³-hybridized carbons (Fsp3) is 0.143. The third-order valence-corrected chi connectivity index (χ3v) is 1.63. The topological polar surface area (TPSA) is 43.1 Å². The molecule has 0 heterocycles. The molecule has 58 valence electrons. The van der Waals surface area contributed by atoms with Crippen molar-refractivity contribution in [3.63, 3.8) is 0 Å². The summed E-state index contributed by atoms with van der Waals surface area (Å²) in [6, 6.07) is 4.95. The van der Waals surface area contributed by atoms with Gasteiger partial charge in [0.1, 0.15) is 0 Å². The number of benzene rings is 1. The Balaban J connectivity index is 3.19. The highest BCUT2D eigenvalue weighted by Crippen LogP contribution is 2.11. The third kappa shape index (κ3) is 1.99. The van der Waals surface area contributed by atoms with Crippen LogP contribution >= 0.6 is 9.24 Å². The van der Waals surface area contributed by atoms with Gasteiger partial charge in [-0.05, 0) is 17.8 Å². The molecule has 0 spiro atoms. The van der Waals surface area contributed by atoms with Gasteiger partial charge in [0.2, 0.25) is 0 Å². The van der Waals surface area contributed by atoms with Gasteiger partial charge in [-0.1, -0.05) is 6.07 Å². The fourth-order valence-electron chi connectivity index (χ4n) is 0.897. The first-order valence-corrected chi connectivity index (χ1v) is 3.69. The van der Waals surface area contributed by atoms with Gasteiger partial charge in [-0.25, -0.2) is 0 Å². The minimum atomic E-state index is -0.388. The molecule has 3 nitrogen and oxygen atoms in total. The third-order valence-electron chi connectivity index (χ3n) is 1.30. The number of rotatable bonds is 1. The van der Waals surface area contributed by atoms with E-state index in [1.807, 2.05) is 13.0 Å². The number of nitro benzene ring substituents is 1. The van der Waals surface area contributed by atoms with Crippen molar-refractivity contribution in [1.29, 1.82) is 0 Å². The Morgan fingerprint density at radius 2 is 2.09 bits per heavy atom. The fourth-order valence-corrected chi connectivity index (χ4v) is 1.33. The molecule has 1 rings (SSSR count). The summed E-state index contributed by atoms with van der Waals surface area (Å²) in [7, 11) is 2.44. The molecule has 0 aliphatic rings. The maximum Gasteiger partial charge on any atom is 0.270 e. The number of nitro groups is 1. The van der Waals surface area contributed by atoms with Crippen molar-refractivity contribution >= 4 is 20.2 Å². The van der Waals surface area contributed by atoms with Crippen LogP contribution in [0.25, 0.3) is 0 Å². The zero-order valence-corrected chi connectivity index (χ0v) is 7.23. The van der Waals surface area contributed by atoms with E-state index in [0.717, 1.165) is 10.9 Å². The predicted molar refractivity (Wildman–Crippen MR) is 47.2 cm³/mol. The van der Waals surface area contributed by atoms with Gasteiger partial charge >= 0.3 is 0 Å². The van der Waals surface area contributed by atoms with Crippen LogP contribution in [0.3, 0.4) is 0 Å². The summed E-state index contributed by atoms with van der Waals surface area (Å²) in [6.07, 6.45) is 0. The van der Waals surface area contributed by atoms with Crippen LogP contribution in [0, 0.1) is 17.0 Å². The van der Waals surface area contributed by atoms with Gasteiger partial charge in [-0.15, -0.1) is 9.24 Å². The molecule has 1 atom stereocenters. The van der Waals surface area contributed by atoms with E-state index in [2.05, 4.69) is 9.24 Å². The largest absolute Gasteiger partial charge is 0.270 e. The van der Waals surface area contributed by atoms with Gasteiger partial charge in [0, 0.05) is 12.1 Å². The Labute approximate surface area is 66.8 Å². The molecule has 1 aromatic rings. The van der Waals surface area contributed by atoms with Gasteiger partial charge < -0.3 is 0 Å². The Hall–Kier alpha value is -0.950. The van der Waals surface area contributed by atoms with Gasteiger partial charge in [0.15, 0.2) is 0 Å². The highest BCUT2D eigenvalue weighted by molar-refractivity contribution is 7.27. The van der Waals surface area contributed by atoms with Crippen molar-refractivity contribution in [2.24, 2.45) is 0 Å². The van der Waals surface area contributed by atoms with Crippen molar-refractivity contribution in [3.05, 3.63) is 33.9 Å². The summed E-state index contributed by atoms with van der Waals surface area (Å²) in [4.78, 5) is 9.91. The lowest BCUT2D eigenvalue weighted by molar-refractivity contribution is -0.384. The molecule has 11 heavy (non-hydrogen) atoms. The van der Waals surface area contributed by atoms with Crippen LogP contribution in [0.5, 0.6) is 0 Å². The van der Waals surface area contributed by atoms with Crippen LogP contribution in [-0.4, -0.2) is 4.92 Å². The smallest absolute Gasteiger partial charge is 0.258 e. The average Bonchev–Trinajstić information content (AvgIpc) is 1.85. The number of hydrogen-bond donors (Lipinski definition) is 0. The van der Waals surface area contributed by atoms with Crippen LogP contribution in [0.2, 0.25) is 0 Å². The molecular weight excluding hydrogens is 161 g/mol. The number of aryl methyl sites for hydroxylation is 1. The highest BCUT2D eigenvalue weighted by atomic mass is 31.0. The maximum atomic E-state index is 10.3. The minimum Gasteiger partial charge on any atom is -0.258 e. The van der Waals surface area contributed by atoms with Gasteiger partial charge in [-0.3, -0.25) is 10.1 Å². The number of nitrogens with zero attached hydrogens (tertiary/aromatic N) is 1. The lowest BCUT2D eigenvalue weighted by Crippen LogP contribution is -1.96. The van der Waals surface area contributed by atoms with E-state index in [9.17, 15) is 10.1 Å². The lowest BCUT2D eigenvalue weighted by atomic mass is 10.2. The van der Waals surface area contributed by atoms with E-state index >= 15 is 0 Å². The summed E-state index contributed by atoms with van der Waals surface area (Å²) >= 11 is 0. The molecule has 0 fully saturated rings. The standard InChI is InChI=1S/C7H8NO2P/c1-5-2-6(8(9)10)4-7(11)3-5/h2-4H,11H2,1H3. The van der Waals surface area contributed by atoms with E-state index in [-0.39, 0.29) is 10.6 Å². The Bertz CT molecular complexity index is 278. The molecule has 1 unspecified atom stereocenters. The van der Waals surface area contributed by atoms with E-state index < -0.39 is 0 Å². The monoisotopic (exact) mass is 169 g/mol. The zero-order chi connectivity index (χ0) is 8.43. The average molecular weight is 169 g/mol. The SMILES string of the molecule is Cc1cc(P)cc([N+](=O)[O-])c1. The predicted octanol–water partition coefficient (Wildman–Crippen LogP) is 1.40. The van der Waals surface area contributed by atoms with E-state index in [1.165, 1.54) is 6.07 Å². The van der Waals surface area contributed by atoms with Gasteiger partial charge in [0.05, 0.1) is 4.92 Å². The summed E-state index contributed by atoms with van der Waals surface area (Å²) in [5, 5.41) is 11.1. The van der Waals surface area contributed by atoms with Crippen LogP contribution in [0.4, 0.5) is 5.69 Å². The molecule has 1 aromatic carbocycles. The molecule has 0 saturated carbocycles. The Morgan fingerprint density at radius 1 is 1.45 bits per heavy atom. The van der Waals surface area contributed by atoms with Crippen LogP contribution in [0.1, 0.15) is 5.56 Å². The molecule has 0 aliphatic heterocycles. The van der Waals surface area contributed by atoms with Crippen molar-refractivity contribution in [3.8, 4) is 0 Å². The van der Waals surface area contributed by atoms with Crippen molar-refractivity contribution < 1.29 is 4.92 Å². The zero-order valence-electron chi connectivity index (χ0n) is 6.07. The Kier molecular flexibility index (Phi) is 2.20. The molecule has 0 aliphatic carbocycles. The quantitative estimate of drug-likeness (QED) is 0.362. The molecule has 0 radical (unpaired) electrons. The summed E-state index contributed by atoms with van der Waals surface area (Å²) < 4.78 is 0. The minimum absolute atomic E-state index is 0.148. The van der Waals surface area contributed by atoms with Crippen molar-refractivity contribution in [2.45, 2.75) is 6.92 Å². The first kappa shape index (κ1) is 8.15.